The summed E-state index contributed by atoms with van der Waals surface area (Å²) in [5.41, 5.74) is 0. The maximum Gasteiger partial charge on any atom is 0.396 e. The highest BCUT2D eigenvalue weighted by Gasteiger charge is 2.22. The standard InChI is InChI=1S/C7H6BrN3O2/c1-3-4-10-5(2)9-7(6(10)8)11(12)13/h1H,4H2,2H3. The Hall–Kier alpha value is -1.35. The fraction of sp³-hybridized carbons (Fsp3) is 0.286. The van der Waals surface area contributed by atoms with Crippen LogP contribution in [0.3, 0.4) is 0 Å². The second kappa shape index (κ2) is 3.58. The van der Waals surface area contributed by atoms with E-state index in [1.807, 2.05) is 0 Å². The minimum Gasteiger partial charge on any atom is -0.358 e. The van der Waals surface area contributed by atoms with Crippen molar-refractivity contribution in [2.45, 2.75) is 13.5 Å². The number of terminal acetylenes is 1. The fourth-order valence-corrected chi connectivity index (χ4v) is 1.53. The Morgan fingerprint density at radius 3 is 2.85 bits per heavy atom. The van der Waals surface area contributed by atoms with Gasteiger partial charge >= 0.3 is 5.82 Å². The first kappa shape index (κ1) is 9.74. The molecular weight excluding hydrogens is 238 g/mol. The lowest BCUT2D eigenvalue weighted by molar-refractivity contribution is -0.390. The van der Waals surface area contributed by atoms with Crippen LogP contribution in [0.2, 0.25) is 0 Å². The molecule has 0 aliphatic carbocycles. The van der Waals surface area contributed by atoms with Crippen molar-refractivity contribution in [3.05, 3.63) is 20.5 Å². The summed E-state index contributed by atoms with van der Waals surface area (Å²) in [5, 5.41) is 10.4. The molecule has 0 spiro atoms. The molecule has 0 aliphatic rings. The molecule has 1 aromatic heterocycles. The molecule has 0 bridgehead atoms. The van der Waals surface area contributed by atoms with Crippen molar-refractivity contribution < 1.29 is 4.92 Å². The highest BCUT2D eigenvalue weighted by molar-refractivity contribution is 9.10. The van der Waals surface area contributed by atoms with Gasteiger partial charge in [-0.1, -0.05) is 5.92 Å². The zero-order valence-corrected chi connectivity index (χ0v) is 8.41. The third-order valence-corrected chi connectivity index (χ3v) is 2.28. The Labute approximate surface area is 83.0 Å². The van der Waals surface area contributed by atoms with Crippen molar-refractivity contribution in [2.75, 3.05) is 0 Å². The maximum atomic E-state index is 10.4. The lowest BCUT2D eigenvalue weighted by Crippen LogP contribution is -1.98. The van der Waals surface area contributed by atoms with Gasteiger partial charge in [-0.3, -0.25) is 4.57 Å². The topological polar surface area (TPSA) is 61.0 Å². The predicted molar refractivity (Wildman–Crippen MR) is 50.2 cm³/mol. The highest BCUT2D eigenvalue weighted by atomic mass is 79.9. The van der Waals surface area contributed by atoms with Crippen LogP contribution in [0, 0.1) is 29.4 Å². The Bertz CT molecular complexity index is 391. The minimum atomic E-state index is -0.551. The van der Waals surface area contributed by atoms with E-state index in [9.17, 15) is 10.1 Å². The molecule has 0 unspecified atom stereocenters. The van der Waals surface area contributed by atoms with Gasteiger partial charge in [-0.05, 0) is 25.8 Å². The second-order valence-electron chi connectivity index (χ2n) is 2.32. The van der Waals surface area contributed by atoms with Crippen LogP contribution in [-0.2, 0) is 6.54 Å². The van der Waals surface area contributed by atoms with Crippen molar-refractivity contribution >= 4 is 21.7 Å². The average molecular weight is 244 g/mol. The summed E-state index contributed by atoms with van der Waals surface area (Å²) in [5.74, 6) is 2.71. The van der Waals surface area contributed by atoms with Crippen LogP contribution >= 0.6 is 15.9 Å². The summed E-state index contributed by atoms with van der Waals surface area (Å²) in [6.45, 7) is 1.93. The Morgan fingerprint density at radius 1 is 1.85 bits per heavy atom. The minimum absolute atomic E-state index is 0.201. The van der Waals surface area contributed by atoms with E-state index in [1.165, 1.54) is 0 Å². The summed E-state index contributed by atoms with van der Waals surface area (Å²) in [6.07, 6.45) is 5.09. The molecule has 68 valence electrons. The molecule has 13 heavy (non-hydrogen) atoms. The van der Waals surface area contributed by atoms with Crippen molar-refractivity contribution in [1.82, 2.24) is 9.55 Å². The first-order valence-electron chi connectivity index (χ1n) is 3.38. The predicted octanol–water partition coefficient (Wildman–Crippen LogP) is 1.50. The van der Waals surface area contributed by atoms with Crippen LogP contribution < -0.4 is 0 Å². The van der Waals surface area contributed by atoms with E-state index in [-0.39, 0.29) is 12.4 Å². The van der Waals surface area contributed by atoms with Crippen LogP contribution in [0.15, 0.2) is 4.60 Å². The Balaban J connectivity index is 3.24. The van der Waals surface area contributed by atoms with Crippen molar-refractivity contribution in [1.29, 1.82) is 0 Å². The first-order chi connectivity index (χ1) is 6.07. The number of halogens is 1. The fourth-order valence-electron chi connectivity index (χ4n) is 0.914. The van der Waals surface area contributed by atoms with Crippen LogP contribution in [0.1, 0.15) is 5.82 Å². The van der Waals surface area contributed by atoms with Crippen molar-refractivity contribution in [2.24, 2.45) is 0 Å². The number of aryl methyl sites for hydroxylation is 1. The van der Waals surface area contributed by atoms with Gasteiger partial charge in [0.2, 0.25) is 5.82 Å². The van der Waals surface area contributed by atoms with Crippen LogP contribution in [0.4, 0.5) is 5.82 Å². The molecule has 0 N–H and O–H groups in total. The molecule has 6 heteroatoms. The number of nitrogens with zero attached hydrogens (tertiary/aromatic N) is 3. The number of hydrogen-bond acceptors (Lipinski definition) is 3. The summed E-state index contributed by atoms with van der Waals surface area (Å²) in [6, 6.07) is 0. The smallest absolute Gasteiger partial charge is 0.358 e. The van der Waals surface area contributed by atoms with Gasteiger partial charge in [-0.25, -0.2) is 0 Å². The second-order valence-corrected chi connectivity index (χ2v) is 3.07. The van der Waals surface area contributed by atoms with Gasteiger partial charge in [0.25, 0.3) is 0 Å². The quantitative estimate of drug-likeness (QED) is 0.450. The molecule has 0 fully saturated rings. The third-order valence-electron chi connectivity index (χ3n) is 1.50. The van der Waals surface area contributed by atoms with E-state index in [1.54, 1.807) is 11.5 Å². The van der Waals surface area contributed by atoms with E-state index in [0.717, 1.165) is 0 Å². The molecule has 1 rings (SSSR count). The van der Waals surface area contributed by atoms with Gasteiger partial charge in [0.1, 0.15) is 0 Å². The Morgan fingerprint density at radius 2 is 2.46 bits per heavy atom. The van der Waals surface area contributed by atoms with Gasteiger partial charge < -0.3 is 10.1 Å². The van der Waals surface area contributed by atoms with Gasteiger partial charge in [0.15, 0.2) is 4.60 Å². The molecule has 1 heterocycles. The van der Waals surface area contributed by atoms with Crippen LogP contribution in [0.25, 0.3) is 0 Å². The molecule has 0 saturated heterocycles. The van der Waals surface area contributed by atoms with Crippen LogP contribution in [-0.4, -0.2) is 14.5 Å². The lowest BCUT2D eigenvalue weighted by Gasteiger charge is -1.96. The summed E-state index contributed by atoms with van der Waals surface area (Å²) in [4.78, 5) is 13.6. The van der Waals surface area contributed by atoms with E-state index in [4.69, 9.17) is 6.42 Å². The summed E-state index contributed by atoms with van der Waals surface area (Å²) >= 11 is 3.07. The van der Waals surface area contributed by atoms with E-state index >= 15 is 0 Å². The SMILES string of the molecule is C#CCn1c(C)nc([N+](=O)[O-])c1Br. The largest absolute Gasteiger partial charge is 0.396 e. The van der Waals surface area contributed by atoms with Gasteiger partial charge in [0, 0.05) is 6.92 Å². The number of imidazole rings is 1. The van der Waals surface area contributed by atoms with Gasteiger partial charge in [-0.15, -0.1) is 6.42 Å². The molecule has 0 atom stereocenters. The van der Waals surface area contributed by atoms with Crippen molar-refractivity contribution in [3.8, 4) is 12.3 Å². The normalized spacial score (nSPS) is 9.62. The highest BCUT2D eigenvalue weighted by Crippen LogP contribution is 2.24. The zero-order valence-electron chi connectivity index (χ0n) is 6.82. The molecule has 1 aromatic rings. The van der Waals surface area contributed by atoms with Crippen molar-refractivity contribution in [3.63, 3.8) is 0 Å². The zero-order chi connectivity index (χ0) is 10.0. The average Bonchev–Trinajstić information content (AvgIpc) is 2.32. The molecular formula is C7H6BrN3O2. The van der Waals surface area contributed by atoms with Crippen LogP contribution in [0.5, 0.6) is 0 Å². The molecule has 0 radical (unpaired) electrons. The number of nitro groups is 1. The number of rotatable bonds is 2. The van der Waals surface area contributed by atoms with Gasteiger partial charge in [-0.2, -0.15) is 0 Å². The first-order valence-corrected chi connectivity index (χ1v) is 4.17. The molecule has 5 nitrogen and oxygen atoms in total. The number of hydrogen-bond donors (Lipinski definition) is 0. The third kappa shape index (κ3) is 1.70. The van der Waals surface area contributed by atoms with E-state index in [2.05, 4.69) is 26.8 Å². The number of aromatic nitrogens is 2. The summed E-state index contributed by atoms with van der Waals surface area (Å²) in [7, 11) is 0. The maximum absolute atomic E-state index is 10.4. The van der Waals surface area contributed by atoms with E-state index in [0.29, 0.717) is 10.4 Å². The van der Waals surface area contributed by atoms with Gasteiger partial charge in [0.05, 0.1) is 6.54 Å². The lowest BCUT2D eigenvalue weighted by atomic mass is 10.6. The van der Waals surface area contributed by atoms with E-state index < -0.39 is 4.92 Å². The molecule has 0 saturated carbocycles. The summed E-state index contributed by atoms with van der Waals surface area (Å²) < 4.78 is 1.87. The Kier molecular flexibility index (Phi) is 2.68. The molecule has 0 aromatic carbocycles. The molecule has 0 aliphatic heterocycles. The monoisotopic (exact) mass is 243 g/mol. The molecule has 0 amide bonds.